The van der Waals surface area contributed by atoms with E-state index in [1.807, 2.05) is 0 Å². The van der Waals surface area contributed by atoms with E-state index in [9.17, 15) is 0 Å². The number of hydrogen-bond acceptors (Lipinski definition) is 1. The van der Waals surface area contributed by atoms with Gasteiger partial charge in [-0.25, -0.2) is 0 Å². The molecule has 0 aromatic carbocycles. The van der Waals surface area contributed by atoms with Crippen LogP contribution in [0.1, 0.15) is 91.4 Å². The molecule has 0 saturated heterocycles. The van der Waals surface area contributed by atoms with Crippen LogP contribution in [0.25, 0.3) is 0 Å². The van der Waals surface area contributed by atoms with Crippen molar-refractivity contribution in [2.24, 2.45) is 5.73 Å². The molecule has 0 amide bonds. The van der Waals surface area contributed by atoms with Gasteiger partial charge in [0.05, 0.1) is 0 Å². The zero-order chi connectivity index (χ0) is 12.5. The molecule has 0 unspecified atom stereocenters. The van der Waals surface area contributed by atoms with Crippen molar-refractivity contribution < 1.29 is 0 Å². The predicted molar refractivity (Wildman–Crippen MR) is 84.0 cm³/mol. The fourth-order valence-electron chi connectivity index (χ4n) is 1.56. The zero-order valence-electron chi connectivity index (χ0n) is 12.1. The summed E-state index contributed by atoms with van der Waals surface area (Å²) in [6.07, 6.45) is 15.5. The molecular formula is C15H36NNa. The molecule has 0 aliphatic rings. The Hall–Kier alpha value is 0.960. The summed E-state index contributed by atoms with van der Waals surface area (Å²) in [6.45, 7) is 7.43. The van der Waals surface area contributed by atoms with Crippen LogP contribution in [0.2, 0.25) is 0 Å². The second-order valence-electron chi connectivity index (χ2n) is 4.62. The minimum atomic E-state index is 0. The first-order valence-corrected chi connectivity index (χ1v) is 7.53. The van der Waals surface area contributed by atoms with E-state index in [-0.39, 0.29) is 29.6 Å². The van der Waals surface area contributed by atoms with Gasteiger partial charge in [-0.15, -0.1) is 0 Å². The topological polar surface area (TPSA) is 26.0 Å². The van der Waals surface area contributed by atoms with Crippen LogP contribution in [0.3, 0.4) is 0 Å². The first-order chi connectivity index (χ1) is 7.83. The molecule has 0 aromatic rings. The quantitative estimate of drug-likeness (QED) is 0.446. The second kappa shape index (κ2) is 25.7. The van der Waals surface area contributed by atoms with Gasteiger partial charge in [-0.2, -0.15) is 0 Å². The molecule has 1 nitrogen and oxygen atoms in total. The van der Waals surface area contributed by atoms with Crippen LogP contribution >= 0.6 is 0 Å². The van der Waals surface area contributed by atoms with Crippen molar-refractivity contribution in [1.82, 2.24) is 0 Å². The van der Waals surface area contributed by atoms with E-state index in [0.717, 1.165) is 13.0 Å². The van der Waals surface area contributed by atoms with Gasteiger partial charge in [0.15, 0.2) is 0 Å². The van der Waals surface area contributed by atoms with Crippen LogP contribution in [0.5, 0.6) is 0 Å². The molecule has 0 aliphatic heterocycles. The van der Waals surface area contributed by atoms with E-state index < -0.39 is 0 Å². The van der Waals surface area contributed by atoms with Crippen LogP contribution in [0.15, 0.2) is 0 Å². The third-order valence-corrected chi connectivity index (χ3v) is 2.75. The van der Waals surface area contributed by atoms with Gasteiger partial charge < -0.3 is 5.73 Å². The molecule has 0 aliphatic carbocycles. The van der Waals surface area contributed by atoms with Gasteiger partial charge in [0.25, 0.3) is 0 Å². The Labute approximate surface area is 133 Å². The van der Waals surface area contributed by atoms with Gasteiger partial charge in [-0.1, -0.05) is 85.0 Å². The molecule has 17 heavy (non-hydrogen) atoms. The van der Waals surface area contributed by atoms with Crippen molar-refractivity contribution in [1.29, 1.82) is 0 Å². The van der Waals surface area contributed by atoms with E-state index in [0.29, 0.717) is 0 Å². The third kappa shape index (κ3) is 31.6. The Morgan fingerprint density at radius 3 is 0.941 bits per heavy atom. The first kappa shape index (κ1) is 23.1. The van der Waals surface area contributed by atoms with Crippen molar-refractivity contribution >= 4 is 29.6 Å². The Kier molecular flexibility index (Phi) is 34.9. The molecule has 0 aromatic heterocycles. The van der Waals surface area contributed by atoms with E-state index in [4.69, 9.17) is 5.73 Å². The number of rotatable bonds is 10. The van der Waals surface area contributed by atoms with E-state index in [1.54, 1.807) is 0 Å². The Morgan fingerprint density at radius 2 is 0.765 bits per heavy atom. The normalized spacial score (nSPS) is 9.18. The number of hydrogen-bond donors (Lipinski definition) is 1. The Bertz CT molecular complexity index is 84.9. The summed E-state index contributed by atoms with van der Waals surface area (Å²) in [6, 6.07) is 0. The molecule has 0 radical (unpaired) electrons. The van der Waals surface area contributed by atoms with E-state index in [2.05, 4.69) is 20.8 Å². The predicted octanol–water partition coefficient (Wildman–Crippen LogP) is 4.63. The summed E-state index contributed by atoms with van der Waals surface area (Å²) in [5.74, 6) is 0. The third-order valence-electron chi connectivity index (χ3n) is 2.75. The monoisotopic (exact) mass is 253 g/mol. The molecule has 0 spiro atoms. The fourth-order valence-corrected chi connectivity index (χ4v) is 1.56. The summed E-state index contributed by atoms with van der Waals surface area (Å²) >= 11 is 0. The van der Waals surface area contributed by atoms with Gasteiger partial charge in [0.2, 0.25) is 0 Å². The molecule has 0 saturated carbocycles. The minimum absolute atomic E-state index is 0. The summed E-state index contributed by atoms with van der Waals surface area (Å²) in [7, 11) is 0. The van der Waals surface area contributed by atoms with Crippen LogP contribution in [0, 0.1) is 0 Å². The summed E-state index contributed by atoms with van der Waals surface area (Å²) < 4.78 is 0. The molecule has 0 rings (SSSR count). The van der Waals surface area contributed by atoms with Gasteiger partial charge >= 0.3 is 29.6 Å². The van der Waals surface area contributed by atoms with Crippen LogP contribution in [-0.4, -0.2) is 36.1 Å². The number of unbranched alkanes of at least 4 members (excludes halogenated alkanes) is 9. The van der Waals surface area contributed by atoms with Crippen LogP contribution in [0.4, 0.5) is 0 Å². The molecule has 2 N–H and O–H groups in total. The maximum absolute atomic E-state index is 5.03. The average molecular weight is 253 g/mol. The zero-order valence-corrected chi connectivity index (χ0v) is 12.1. The van der Waals surface area contributed by atoms with Gasteiger partial charge in [0.1, 0.15) is 0 Å². The fraction of sp³-hybridized carbons (Fsp3) is 1.00. The molecule has 0 fully saturated rings. The Morgan fingerprint density at radius 1 is 0.529 bits per heavy atom. The van der Waals surface area contributed by atoms with Crippen LogP contribution < -0.4 is 5.73 Å². The number of nitrogens with two attached hydrogens (primary N) is 1. The van der Waals surface area contributed by atoms with Crippen molar-refractivity contribution in [2.45, 2.75) is 91.4 Å². The van der Waals surface area contributed by atoms with Gasteiger partial charge in [-0.3, -0.25) is 0 Å². The van der Waals surface area contributed by atoms with Crippen molar-refractivity contribution in [3.63, 3.8) is 0 Å². The van der Waals surface area contributed by atoms with E-state index >= 15 is 0 Å². The summed E-state index contributed by atoms with van der Waals surface area (Å²) in [5.41, 5.74) is 5.03. The molecule has 0 bridgehead atoms. The maximum atomic E-state index is 5.03. The Balaban J connectivity index is -0.000000340. The van der Waals surface area contributed by atoms with E-state index in [1.165, 1.54) is 64.2 Å². The molecule has 102 valence electrons. The van der Waals surface area contributed by atoms with Crippen LogP contribution in [-0.2, 0) is 0 Å². The summed E-state index contributed by atoms with van der Waals surface area (Å²) in [5, 5.41) is 0. The van der Waals surface area contributed by atoms with Gasteiger partial charge in [-0.05, 0) is 13.0 Å². The van der Waals surface area contributed by atoms with Crippen molar-refractivity contribution in [3.8, 4) is 0 Å². The molecular weight excluding hydrogens is 217 g/mol. The molecule has 2 heteroatoms. The molecule has 0 atom stereocenters. The SMILES string of the molecule is CCCCCCCCCCCC.CCCN.[NaH]. The van der Waals surface area contributed by atoms with Crippen molar-refractivity contribution in [2.75, 3.05) is 6.54 Å². The van der Waals surface area contributed by atoms with Crippen molar-refractivity contribution in [3.05, 3.63) is 0 Å². The molecule has 0 heterocycles. The standard InChI is InChI=1S/C12H26.C3H9N.Na.H/c1-3-5-7-9-11-12-10-8-6-4-2;1-2-3-4;;/h3-12H2,1-2H3;2-4H2,1H3;;. The first-order valence-electron chi connectivity index (χ1n) is 7.53. The summed E-state index contributed by atoms with van der Waals surface area (Å²) in [4.78, 5) is 0. The average Bonchev–Trinajstić information content (AvgIpc) is 2.33. The second-order valence-corrected chi connectivity index (χ2v) is 4.62. The van der Waals surface area contributed by atoms with Gasteiger partial charge in [0, 0.05) is 0 Å².